The molecule has 0 aliphatic carbocycles. The molecule has 0 spiro atoms. The van der Waals surface area contributed by atoms with Crippen molar-refractivity contribution in [2.45, 2.75) is 31.6 Å². The van der Waals surface area contributed by atoms with Crippen LogP contribution in [-0.2, 0) is 22.9 Å². The summed E-state index contributed by atoms with van der Waals surface area (Å²) >= 11 is 5.99. The molecule has 0 saturated heterocycles. The first-order valence-corrected chi connectivity index (χ1v) is 9.12. The Hall–Kier alpha value is -1.36. The molecular formula is C17H20ClNO2S. The zero-order valence-electron chi connectivity index (χ0n) is 12.8. The van der Waals surface area contributed by atoms with Gasteiger partial charge in [-0.2, -0.15) is 0 Å². The molecule has 0 aromatic heterocycles. The Morgan fingerprint density at radius 1 is 1.05 bits per heavy atom. The van der Waals surface area contributed by atoms with E-state index in [1.807, 2.05) is 19.1 Å². The average molecular weight is 338 g/mol. The van der Waals surface area contributed by atoms with Gasteiger partial charge in [0.2, 0.25) is 10.0 Å². The van der Waals surface area contributed by atoms with E-state index in [0.717, 1.165) is 17.5 Å². The fraction of sp³-hybridized carbons (Fsp3) is 0.294. The van der Waals surface area contributed by atoms with E-state index in [0.29, 0.717) is 18.0 Å². The molecule has 2 aromatic rings. The summed E-state index contributed by atoms with van der Waals surface area (Å²) in [5.74, 6) is 0. The monoisotopic (exact) mass is 337 g/mol. The summed E-state index contributed by atoms with van der Waals surface area (Å²) in [4.78, 5) is 0.199. The van der Waals surface area contributed by atoms with Gasteiger partial charge in [0.25, 0.3) is 0 Å². The third-order valence-corrected chi connectivity index (χ3v) is 5.46. The Morgan fingerprint density at radius 2 is 1.68 bits per heavy atom. The maximum atomic E-state index is 12.2. The first-order valence-electron chi connectivity index (χ1n) is 7.26. The van der Waals surface area contributed by atoms with Gasteiger partial charge in [-0.25, -0.2) is 13.1 Å². The van der Waals surface area contributed by atoms with Gasteiger partial charge in [-0.15, -0.1) is 0 Å². The lowest BCUT2D eigenvalue weighted by Gasteiger charge is -2.08. The van der Waals surface area contributed by atoms with E-state index in [1.54, 1.807) is 12.1 Å². The summed E-state index contributed by atoms with van der Waals surface area (Å²) in [6.45, 7) is 4.31. The second kappa shape index (κ2) is 7.27. The van der Waals surface area contributed by atoms with E-state index in [2.05, 4.69) is 23.8 Å². The van der Waals surface area contributed by atoms with Crippen molar-refractivity contribution in [3.05, 3.63) is 64.2 Å². The smallest absolute Gasteiger partial charge is 0.211 e. The summed E-state index contributed by atoms with van der Waals surface area (Å²) < 4.78 is 27.0. The van der Waals surface area contributed by atoms with Gasteiger partial charge in [0.1, 0.15) is 0 Å². The predicted octanol–water partition coefficient (Wildman–Crippen LogP) is 3.73. The molecule has 0 unspecified atom stereocenters. The number of aryl methyl sites for hydroxylation is 2. The number of nitrogens with one attached hydrogen (secondary N) is 1. The van der Waals surface area contributed by atoms with Crippen molar-refractivity contribution < 1.29 is 8.42 Å². The third kappa shape index (κ3) is 4.32. The second-order valence-electron chi connectivity index (χ2n) is 5.23. The van der Waals surface area contributed by atoms with Gasteiger partial charge in [0.05, 0.1) is 4.90 Å². The van der Waals surface area contributed by atoms with Crippen LogP contribution in [0.15, 0.2) is 47.4 Å². The standard InChI is InChI=1S/C17H20ClNO2S/c1-3-14-5-7-15(8-6-14)10-11-19-22(20,21)16-9-4-13(2)17(18)12-16/h4-9,12,19H,3,10-11H2,1-2H3. The molecule has 1 N–H and O–H groups in total. The molecule has 0 bridgehead atoms. The van der Waals surface area contributed by atoms with Crippen LogP contribution in [0.4, 0.5) is 0 Å². The molecule has 0 heterocycles. The lowest BCUT2D eigenvalue weighted by atomic mass is 10.1. The molecule has 118 valence electrons. The first kappa shape index (κ1) is 17.0. The predicted molar refractivity (Wildman–Crippen MR) is 90.9 cm³/mol. The lowest BCUT2D eigenvalue weighted by molar-refractivity contribution is 0.581. The van der Waals surface area contributed by atoms with Crippen molar-refractivity contribution in [3.8, 4) is 0 Å². The van der Waals surface area contributed by atoms with Crippen LogP contribution >= 0.6 is 11.6 Å². The maximum absolute atomic E-state index is 12.2. The van der Waals surface area contributed by atoms with Gasteiger partial charge in [0, 0.05) is 11.6 Å². The second-order valence-corrected chi connectivity index (χ2v) is 7.40. The van der Waals surface area contributed by atoms with Crippen LogP contribution in [0.2, 0.25) is 5.02 Å². The summed E-state index contributed by atoms with van der Waals surface area (Å²) in [5.41, 5.74) is 3.25. The van der Waals surface area contributed by atoms with Crippen molar-refractivity contribution >= 4 is 21.6 Å². The third-order valence-electron chi connectivity index (χ3n) is 3.59. The zero-order valence-corrected chi connectivity index (χ0v) is 14.3. The number of hydrogen-bond acceptors (Lipinski definition) is 2. The SMILES string of the molecule is CCc1ccc(CCNS(=O)(=O)c2ccc(C)c(Cl)c2)cc1. The van der Waals surface area contributed by atoms with Crippen LogP contribution in [0.5, 0.6) is 0 Å². The molecule has 2 rings (SSSR count). The molecule has 0 radical (unpaired) electrons. The molecule has 3 nitrogen and oxygen atoms in total. The fourth-order valence-corrected chi connectivity index (χ4v) is 3.40. The molecule has 0 saturated carbocycles. The van der Waals surface area contributed by atoms with Crippen molar-refractivity contribution in [1.29, 1.82) is 0 Å². The summed E-state index contributed by atoms with van der Waals surface area (Å²) in [7, 11) is -3.52. The van der Waals surface area contributed by atoms with Gasteiger partial charge in [0.15, 0.2) is 0 Å². The Kier molecular flexibility index (Phi) is 5.62. The molecule has 2 aromatic carbocycles. The highest BCUT2D eigenvalue weighted by molar-refractivity contribution is 7.89. The molecule has 22 heavy (non-hydrogen) atoms. The molecular weight excluding hydrogens is 318 g/mol. The highest BCUT2D eigenvalue weighted by Gasteiger charge is 2.14. The highest BCUT2D eigenvalue weighted by atomic mass is 35.5. The topological polar surface area (TPSA) is 46.2 Å². The Labute approximate surface area is 137 Å². The summed E-state index contributed by atoms with van der Waals surface area (Å²) in [6, 6.07) is 13.0. The van der Waals surface area contributed by atoms with E-state index in [-0.39, 0.29) is 4.90 Å². The van der Waals surface area contributed by atoms with Gasteiger partial charge >= 0.3 is 0 Å². The molecule has 0 fully saturated rings. The lowest BCUT2D eigenvalue weighted by Crippen LogP contribution is -2.26. The maximum Gasteiger partial charge on any atom is 0.240 e. The van der Waals surface area contributed by atoms with Gasteiger partial charge in [-0.3, -0.25) is 0 Å². The van der Waals surface area contributed by atoms with E-state index >= 15 is 0 Å². The molecule has 0 aliphatic heterocycles. The average Bonchev–Trinajstić information content (AvgIpc) is 2.50. The number of hydrogen-bond donors (Lipinski definition) is 1. The van der Waals surface area contributed by atoms with Crippen LogP contribution in [-0.4, -0.2) is 15.0 Å². The normalized spacial score (nSPS) is 11.6. The molecule has 0 atom stereocenters. The Balaban J connectivity index is 1.98. The Morgan fingerprint density at radius 3 is 2.27 bits per heavy atom. The minimum absolute atomic E-state index is 0.199. The Bertz CT molecular complexity index is 740. The van der Waals surface area contributed by atoms with Crippen LogP contribution < -0.4 is 4.72 Å². The van der Waals surface area contributed by atoms with Crippen molar-refractivity contribution in [1.82, 2.24) is 4.72 Å². The fourth-order valence-electron chi connectivity index (χ4n) is 2.10. The van der Waals surface area contributed by atoms with Gasteiger partial charge in [-0.1, -0.05) is 48.9 Å². The van der Waals surface area contributed by atoms with E-state index in [4.69, 9.17) is 11.6 Å². The molecule has 5 heteroatoms. The minimum Gasteiger partial charge on any atom is -0.211 e. The van der Waals surface area contributed by atoms with Crippen molar-refractivity contribution in [2.24, 2.45) is 0 Å². The van der Waals surface area contributed by atoms with Gasteiger partial charge in [-0.05, 0) is 48.6 Å². The van der Waals surface area contributed by atoms with E-state index in [9.17, 15) is 8.42 Å². The molecule has 0 aliphatic rings. The number of halogens is 1. The summed E-state index contributed by atoms with van der Waals surface area (Å²) in [6.07, 6.45) is 1.66. The van der Waals surface area contributed by atoms with Crippen molar-refractivity contribution in [3.63, 3.8) is 0 Å². The number of sulfonamides is 1. The largest absolute Gasteiger partial charge is 0.240 e. The van der Waals surface area contributed by atoms with Crippen LogP contribution in [0, 0.1) is 6.92 Å². The highest BCUT2D eigenvalue weighted by Crippen LogP contribution is 2.19. The first-order chi connectivity index (χ1) is 10.4. The minimum atomic E-state index is -3.52. The van der Waals surface area contributed by atoms with Gasteiger partial charge < -0.3 is 0 Å². The van der Waals surface area contributed by atoms with Crippen LogP contribution in [0.1, 0.15) is 23.6 Å². The number of benzene rings is 2. The van der Waals surface area contributed by atoms with Crippen LogP contribution in [0.25, 0.3) is 0 Å². The quantitative estimate of drug-likeness (QED) is 0.873. The van der Waals surface area contributed by atoms with E-state index < -0.39 is 10.0 Å². The van der Waals surface area contributed by atoms with Crippen LogP contribution in [0.3, 0.4) is 0 Å². The van der Waals surface area contributed by atoms with Crippen molar-refractivity contribution in [2.75, 3.05) is 6.54 Å². The van der Waals surface area contributed by atoms with E-state index in [1.165, 1.54) is 11.6 Å². The molecule has 0 amide bonds. The number of rotatable bonds is 6. The zero-order chi connectivity index (χ0) is 16.2. The summed E-state index contributed by atoms with van der Waals surface area (Å²) in [5, 5.41) is 0.457.